The van der Waals surface area contributed by atoms with E-state index in [2.05, 4.69) is 9.80 Å². The van der Waals surface area contributed by atoms with Crippen molar-refractivity contribution in [2.24, 2.45) is 17.1 Å². The van der Waals surface area contributed by atoms with Gasteiger partial charge in [-0.1, -0.05) is 0 Å². The van der Waals surface area contributed by atoms with Gasteiger partial charge in [0.15, 0.2) is 0 Å². The van der Waals surface area contributed by atoms with Gasteiger partial charge in [-0.2, -0.15) is 0 Å². The molecule has 1 aromatic rings. The Hall–Kier alpha value is -1.57. The lowest BCUT2D eigenvalue weighted by Crippen LogP contribution is -2.53. The molecule has 0 bridgehead atoms. The summed E-state index contributed by atoms with van der Waals surface area (Å²) in [5, 5.41) is 0. The first-order valence-electron chi connectivity index (χ1n) is 11.3. The van der Waals surface area contributed by atoms with Crippen LogP contribution in [0.3, 0.4) is 0 Å². The summed E-state index contributed by atoms with van der Waals surface area (Å²) in [5.41, 5.74) is 6.83. The van der Waals surface area contributed by atoms with E-state index >= 15 is 0 Å². The molecular weight excluding hydrogens is 388 g/mol. The maximum absolute atomic E-state index is 14.2. The Morgan fingerprint density at radius 3 is 2.57 bits per heavy atom. The maximum atomic E-state index is 14.2. The van der Waals surface area contributed by atoms with Crippen molar-refractivity contribution in [3.63, 3.8) is 0 Å². The van der Waals surface area contributed by atoms with Crippen molar-refractivity contribution in [3.05, 3.63) is 35.4 Å². The van der Waals surface area contributed by atoms with Gasteiger partial charge in [-0.25, -0.2) is 8.78 Å². The number of nitrogens with two attached hydrogens (primary N) is 1. The molecule has 5 nitrogen and oxygen atoms in total. The summed E-state index contributed by atoms with van der Waals surface area (Å²) in [4.78, 5) is 17.0. The zero-order valence-corrected chi connectivity index (χ0v) is 17.4. The number of nitrogens with zero attached hydrogens (tertiary/aromatic N) is 2. The van der Waals surface area contributed by atoms with Crippen LogP contribution >= 0.6 is 0 Å². The highest BCUT2D eigenvalue weighted by Gasteiger charge is 2.46. The summed E-state index contributed by atoms with van der Waals surface area (Å²) in [5.74, 6) is -0.272. The molecule has 1 saturated carbocycles. The van der Waals surface area contributed by atoms with Crippen LogP contribution in [0.25, 0.3) is 0 Å². The van der Waals surface area contributed by atoms with Crippen molar-refractivity contribution >= 4 is 5.91 Å². The molecule has 5 rings (SSSR count). The molecule has 0 unspecified atom stereocenters. The molecule has 3 heterocycles. The predicted molar refractivity (Wildman–Crippen MR) is 109 cm³/mol. The van der Waals surface area contributed by atoms with Crippen molar-refractivity contribution < 1.29 is 18.3 Å². The van der Waals surface area contributed by atoms with Gasteiger partial charge in [-0.05, 0) is 75.2 Å². The minimum absolute atomic E-state index is 0.204. The molecule has 4 aliphatic rings. The number of carbonyl (C=O) groups is 1. The van der Waals surface area contributed by atoms with Gasteiger partial charge in [0.25, 0.3) is 0 Å². The smallest absolute Gasteiger partial charge is 0.225 e. The number of rotatable bonds is 3. The molecule has 0 radical (unpaired) electrons. The minimum Gasteiger partial charge on any atom is -0.370 e. The Balaban J connectivity index is 1.16. The van der Waals surface area contributed by atoms with Crippen LogP contribution in [0.1, 0.15) is 50.2 Å². The van der Waals surface area contributed by atoms with Crippen LogP contribution in [-0.2, 0) is 9.53 Å². The van der Waals surface area contributed by atoms with Gasteiger partial charge < -0.3 is 15.4 Å². The minimum atomic E-state index is -0.607. The lowest BCUT2D eigenvalue weighted by molar-refractivity contribution is -0.132. The van der Waals surface area contributed by atoms with Crippen LogP contribution in [-0.4, -0.2) is 60.6 Å². The highest BCUT2D eigenvalue weighted by atomic mass is 19.1. The van der Waals surface area contributed by atoms with E-state index < -0.39 is 17.7 Å². The van der Waals surface area contributed by atoms with Gasteiger partial charge in [0.1, 0.15) is 17.7 Å². The second-order valence-electron chi connectivity index (χ2n) is 9.79. The number of halogens is 2. The Morgan fingerprint density at radius 1 is 1.13 bits per heavy atom. The van der Waals surface area contributed by atoms with E-state index in [4.69, 9.17) is 10.5 Å². The summed E-state index contributed by atoms with van der Waals surface area (Å²) in [6.45, 7) is 4.26. The second kappa shape index (κ2) is 7.84. The topological polar surface area (TPSA) is 58.8 Å². The first kappa shape index (κ1) is 20.3. The van der Waals surface area contributed by atoms with Gasteiger partial charge in [0, 0.05) is 36.7 Å². The molecule has 4 fully saturated rings. The van der Waals surface area contributed by atoms with Crippen LogP contribution in [0.4, 0.5) is 8.78 Å². The number of ether oxygens (including phenoxy) is 1. The van der Waals surface area contributed by atoms with E-state index in [9.17, 15) is 13.6 Å². The average Bonchev–Trinajstić information content (AvgIpc) is 3.52. The second-order valence-corrected chi connectivity index (χ2v) is 9.79. The number of piperidine rings is 1. The summed E-state index contributed by atoms with van der Waals surface area (Å²) < 4.78 is 33.7. The van der Waals surface area contributed by atoms with Crippen molar-refractivity contribution in [1.29, 1.82) is 0 Å². The third-order valence-corrected chi connectivity index (χ3v) is 7.72. The first-order valence-corrected chi connectivity index (χ1v) is 11.3. The van der Waals surface area contributed by atoms with Crippen molar-refractivity contribution in [2.45, 2.75) is 56.7 Å². The van der Waals surface area contributed by atoms with Crippen LogP contribution in [0, 0.1) is 23.0 Å². The number of amides is 1. The van der Waals surface area contributed by atoms with E-state index in [0.717, 1.165) is 70.4 Å². The number of hydrogen-bond donors (Lipinski definition) is 1. The molecule has 1 aliphatic carbocycles. The molecule has 2 N–H and O–H groups in total. The quantitative estimate of drug-likeness (QED) is 0.819. The van der Waals surface area contributed by atoms with E-state index in [0.29, 0.717) is 24.9 Å². The van der Waals surface area contributed by atoms with Crippen LogP contribution in [0.2, 0.25) is 0 Å². The highest BCUT2D eigenvalue weighted by Crippen LogP contribution is 2.43. The Kier molecular flexibility index (Phi) is 5.32. The lowest BCUT2D eigenvalue weighted by Gasteiger charge is -2.45. The number of benzene rings is 1. The molecule has 164 valence electrons. The van der Waals surface area contributed by atoms with Gasteiger partial charge >= 0.3 is 0 Å². The van der Waals surface area contributed by atoms with Crippen molar-refractivity contribution in [2.75, 3.05) is 32.8 Å². The van der Waals surface area contributed by atoms with E-state index in [1.54, 1.807) is 0 Å². The van der Waals surface area contributed by atoms with Gasteiger partial charge in [0.05, 0.1) is 6.61 Å². The fourth-order valence-corrected chi connectivity index (χ4v) is 5.64. The SMILES string of the molecule is N[C@H]1C[C@@H](N2CCC3(CCN(C(=O)C4CC4)C3)CC2)CO[C@@H]1c1cc(F)ccc1F. The molecule has 3 aliphatic heterocycles. The summed E-state index contributed by atoms with van der Waals surface area (Å²) in [7, 11) is 0. The van der Waals surface area contributed by atoms with E-state index in [-0.39, 0.29) is 23.1 Å². The predicted octanol–water partition coefficient (Wildman–Crippen LogP) is 2.85. The molecule has 0 aromatic heterocycles. The Bertz CT molecular complexity index is 808. The fourth-order valence-electron chi connectivity index (χ4n) is 5.64. The standard InChI is InChI=1S/C23H31F2N3O2/c24-16-3-4-19(25)18(11-16)21-20(26)12-17(13-30-21)27-8-5-23(6-9-27)7-10-28(14-23)22(29)15-1-2-15/h3-4,11,15,17,20-21H,1-2,5-10,12-14,26H2/t17-,20+,21-/m1/s1. The van der Waals surface area contributed by atoms with Crippen LogP contribution in [0.5, 0.6) is 0 Å². The average molecular weight is 420 g/mol. The van der Waals surface area contributed by atoms with Crippen LogP contribution < -0.4 is 5.73 Å². The summed E-state index contributed by atoms with van der Waals surface area (Å²) >= 11 is 0. The zero-order chi connectivity index (χ0) is 20.9. The lowest BCUT2D eigenvalue weighted by atomic mass is 9.77. The molecule has 3 atom stereocenters. The van der Waals surface area contributed by atoms with Gasteiger partial charge in [-0.15, -0.1) is 0 Å². The first-order chi connectivity index (χ1) is 14.4. The number of carbonyl (C=O) groups excluding carboxylic acids is 1. The fraction of sp³-hybridized carbons (Fsp3) is 0.696. The van der Waals surface area contributed by atoms with E-state index in [1.165, 1.54) is 6.07 Å². The maximum Gasteiger partial charge on any atom is 0.225 e. The molecule has 7 heteroatoms. The third kappa shape index (κ3) is 3.87. The Morgan fingerprint density at radius 2 is 1.87 bits per heavy atom. The summed E-state index contributed by atoms with van der Waals surface area (Å²) in [6.07, 6.45) is 5.53. The molecule has 1 amide bonds. The van der Waals surface area contributed by atoms with Crippen molar-refractivity contribution in [1.82, 2.24) is 9.80 Å². The van der Waals surface area contributed by atoms with E-state index in [1.807, 2.05) is 0 Å². The number of likely N-dealkylation sites (tertiary alicyclic amines) is 2. The zero-order valence-electron chi connectivity index (χ0n) is 17.4. The molecular formula is C23H31F2N3O2. The third-order valence-electron chi connectivity index (χ3n) is 7.72. The molecule has 3 saturated heterocycles. The molecule has 1 aromatic carbocycles. The normalized spacial score (nSPS) is 32.0. The largest absolute Gasteiger partial charge is 0.370 e. The van der Waals surface area contributed by atoms with Crippen LogP contribution in [0.15, 0.2) is 18.2 Å². The van der Waals surface area contributed by atoms with Gasteiger partial charge in [-0.3, -0.25) is 9.69 Å². The summed E-state index contributed by atoms with van der Waals surface area (Å²) in [6, 6.07) is 3.28. The van der Waals surface area contributed by atoms with Crippen molar-refractivity contribution in [3.8, 4) is 0 Å². The molecule has 30 heavy (non-hydrogen) atoms. The molecule has 1 spiro atoms. The number of hydrogen-bond acceptors (Lipinski definition) is 4. The highest BCUT2D eigenvalue weighted by molar-refractivity contribution is 5.81. The Labute approximate surface area is 176 Å². The van der Waals surface area contributed by atoms with Gasteiger partial charge in [0.2, 0.25) is 5.91 Å². The monoisotopic (exact) mass is 419 g/mol.